The van der Waals surface area contributed by atoms with Crippen LogP contribution in [-0.4, -0.2) is 38.3 Å². The first kappa shape index (κ1) is 17.7. The van der Waals surface area contributed by atoms with Crippen molar-refractivity contribution in [3.05, 3.63) is 0 Å². The molecular weight excluding hydrogens is 252 g/mol. The molecule has 0 spiro atoms. The Kier molecular flexibility index (Phi) is 8.57. The monoisotopic (exact) mass is 278 g/mol. The summed E-state index contributed by atoms with van der Waals surface area (Å²) >= 11 is 0. The Morgan fingerprint density at radius 3 is 2.50 bits per heavy atom. The van der Waals surface area contributed by atoms with E-state index >= 15 is 0 Å². The lowest BCUT2D eigenvalue weighted by atomic mass is 9.91. The van der Waals surface area contributed by atoms with Gasteiger partial charge in [0.25, 0.3) is 5.91 Å². The van der Waals surface area contributed by atoms with E-state index in [1.165, 1.54) is 0 Å². The topological polar surface area (TPSA) is 50.4 Å². The third kappa shape index (κ3) is 5.12. The van der Waals surface area contributed by atoms with Gasteiger partial charge in [-0.1, -0.05) is 13.8 Å². The Bertz CT molecular complexity index is 241. The second kappa shape index (κ2) is 8.73. The average Bonchev–Trinajstić information content (AvgIpc) is 2.35. The molecule has 0 saturated carbocycles. The van der Waals surface area contributed by atoms with Gasteiger partial charge in [0, 0.05) is 13.7 Å². The molecule has 4 nitrogen and oxygen atoms in total. The van der Waals surface area contributed by atoms with Gasteiger partial charge in [-0.15, -0.1) is 12.4 Å². The van der Waals surface area contributed by atoms with Crippen molar-refractivity contribution in [2.24, 2.45) is 5.92 Å². The van der Waals surface area contributed by atoms with E-state index in [0.29, 0.717) is 5.92 Å². The van der Waals surface area contributed by atoms with Crippen molar-refractivity contribution < 1.29 is 9.53 Å². The molecule has 0 unspecified atom stereocenters. The summed E-state index contributed by atoms with van der Waals surface area (Å²) in [4.78, 5) is 12.1. The average molecular weight is 279 g/mol. The molecular formula is C13H27ClN2O2. The van der Waals surface area contributed by atoms with Gasteiger partial charge in [0.15, 0.2) is 0 Å². The van der Waals surface area contributed by atoms with Gasteiger partial charge >= 0.3 is 0 Å². The quantitative estimate of drug-likeness (QED) is 0.728. The normalized spacial score (nSPS) is 18.2. The van der Waals surface area contributed by atoms with Crippen LogP contribution in [0.15, 0.2) is 0 Å². The molecule has 0 aliphatic carbocycles. The van der Waals surface area contributed by atoms with Crippen molar-refractivity contribution in [3.8, 4) is 0 Å². The summed E-state index contributed by atoms with van der Waals surface area (Å²) in [6.45, 7) is 6.87. The maximum absolute atomic E-state index is 12.1. The van der Waals surface area contributed by atoms with Gasteiger partial charge < -0.3 is 15.4 Å². The highest BCUT2D eigenvalue weighted by molar-refractivity contribution is 5.85. The van der Waals surface area contributed by atoms with E-state index < -0.39 is 5.60 Å². The van der Waals surface area contributed by atoms with E-state index in [0.717, 1.165) is 45.3 Å². The lowest BCUT2D eigenvalue weighted by molar-refractivity contribution is -0.146. The summed E-state index contributed by atoms with van der Waals surface area (Å²) in [5.41, 5.74) is -0.594. The van der Waals surface area contributed by atoms with Crippen LogP contribution in [0.2, 0.25) is 0 Å². The number of hydrogen-bond donors (Lipinski definition) is 2. The lowest BCUT2D eigenvalue weighted by Crippen LogP contribution is -2.54. The number of carbonyl (C=O) groups is 1. The third-order valence-electron chi connectivity index (χ3n) is 3.46. The van der Waals surface area contributed by atoms with E-state index in [1.54, 1.807) is 7.11 Å². The molecule has 1 amide bonds. The van der Waals surface area contributed by atoms with Gasteiger partial charge in [-0.3, -0.25) is 4.79 Å². The second-order valence-corrected chi connectivity index (χ2v) is 5.24. The first-order valence-electron chi connectivity index (χ1n) is 6.65. The zero-order valence-corrected chi connectivity index (χ0v) is 12.6. The Labute approximate surface area is 117 Å². The summed E-state index contributed by atoms with van der Waals surface area (Å²) in [5, 5.41) is 6.26. The van der Waals surface area contributed by atoms with Crippen LogP contribution in [0.3, 0.4) is 0 Å². The largest absolute Gasteiger partial charge is 0.368 e. The Balaban J connectivity index is 0.00000289. The molecule has 0 aromatic heterocycles. The molecule has 1 aliphatic rings. The van der Waals surface area contributed by atoms with Crippen molar-refractivity contribution in [2.75, 3.05) is 26.7 Å². The number of amides is 1. The molecule has 0 aromatic carbocycles. The Morgan fingerprint density at radius 2 is 2.00 bits per heavy atom. The molecule has 0 bridgehead atoms. The number of carbonyl (C=O) groups excluding carboxylic acids is 1. The van der Waals surface area contributed by atoms with E-state index in [9.17, 15) is 4.79 Å². The molecule has 1 rings (SSSR count). The minimum atomic E-state index is -0.594. The van der Waals surface area contributed by atoms with Crippen LogP contribution in [-0.2, 0) is 9.53 Å². The predicted molar refractivity (Wildman–Crippen MR) is 76.2 cm³/mol. The van der Waals surface area contributed by atoms with Crippen molar-refractivity contribution >= 4 is 18.3 Å². The maximum atomic E-state index is 12.1. The van der Waals surface area contributed by atoms with E-state index in [2.05, 4.69) is 24.5 Å². The van der Waals surface area contributed by atoms with Crippen LogP contribution in [0.1, 0.15) is 39.5 Å². The molecule has 0 aromatic rings. The van der Waals surface area contributed by atoms with Gasteiger partial charge in [-0.25, -0.2) is 0 Å². The van der Waals surface area contributed by atoms with Crippen molar-refractivity contribution in [3.63, 3.8) is 0 Å². The Morgan fingerprint density at radius 1 is 1.39 bits per heavy atom. The first-order valence-corrected chi connectivity index (χ1v) is 6.65. The molecule has 0 atom stereocenters. The van der Waals surface area contributed by atoms with E-state index in [-0.39, 0.29) is 18.3 Å². The van der Waals surface area contributed by atoms with Gasteiger partial charge in [0.05, 0.1) is 0 Å². The number of rotatable bonds is 6. The molecule has 1 saturated heterocycles. The van der Waals surface area contributed by atoms with E-state index in [4.69, 9.17) is 4.74 Å². The Hall–Kier alpha value is -0.320. The lowest BCUT2D eigenvalue weighted by Gasteiger charge is -2.34. The summed E-state index contributed by atoms with van der Waals surface area (Å²) in [5.74, 6) is 0.757. The van der Waals surface area contributed by atoms with Crippen LogP contribution >= 0.6 is 12.4 Å². The highest BCUT2D eigenvalue weighted by Crippen LogP contribution is 2.22. The zero-order chi connectivity index (χ0) is 12.7. The smallest absolute Gasteiger partial charge is 0.252 e. The van der Waals surface area contributed by atoms with Crippen LogP contribution in [0.4, 0.5) is 0 Å². The standard InChI is InChI=1S/C13H26N2O2.ClH/c1-11(2)5-4-8-15-12(16)13(17-3)6-9-14-10-7-13;/h11,14H,4-10H2,1-3H3,(H,15,16);1H. The number of nitrogens with one attached hydrogen (secondary N) is 2. The molecule has 18 heavy (non-hydrogen) atoms. The highest BCUT2D eigenvalue weighted by Gasteiger charge is 2.39. The summed E-state index contributed by atoms with van der Waals surface area (Å²) in [6.07, 6.45) is 3.72. The minimum Gasteiger partial charge on any atom is -0.368 e. The van der Waals surface area contributed by atoms with Crippen LogP contribution in [0.25, 0.3) is 0 Å². The van der Waals surface area contributed by atoms with Gasteiger partial charge in [0.2, 0.25) is 0 Å². The number of ether oxygens (including phenoxy) is 1. The summed E-state index contributed by atoms with van der Waals surface area (Å²) in [6, 6.07) is 0. The molecule has 1 fully saturated rings. The molecule has 108 valence electrons. The fourth-order valence-corrected chi connectivity index (χ4v) is 2.23. The SMILES string of the molecule is COC1(C(=O)NCCCC(C)C)CCNCC1.Cl. The number of piperidine rings is 1. The first-order chi connectivity index (χ1) is 8.10. The number of hydrogen-bond acceptors (Lipinski definition) is 3. The number of halogens is 1. The fraction of sp³-hybridized carbons (Fsp3) is 0.923. The second-order valence-electron chi connectivity index (χ2n) is 5.24. The summed E-state index contributed by atoms with van der Waals surface area (Å²) < 4.78 is 5.47. The molecule has 5 heteroatoms. The third-order valence-corrected chi connectivity index (χ3v) is 3.46. The van der Waals surface area contributed by atoms with Crippen molar-refractivity contribution in [1.82, 2.24) is 10.6 Å². The fourth-order valence-electron chi connectivity index (χ4n) is 2.23. The summed E-state index contributed by atoms with van der Waals surface area (Å²) in [7, 11) is 1.64. The van der Waals surface area contributed by atoms with Crippen molar-refractivity contribution in [2.45, 2.75) is 45.1 Å². The number of methoxy groups -OCH3 is 1. The predicted octanol–water partition coefficient (Wildman–Crippen LogP) is 1.73. The van der Waals surface area contributed by atoms with Crippen molar-refractivity contribution in [1.29, 1.82) is 0 Å². The molecule has 0 radical (unpaired) electrons. The van der Waals surface area contributed by atoms with Gasteiger partial charge in [0.1, 0.15) is 5.60 Å². The molecule has 1 heterocycles. The van der Waals surface area contributed by atoms with Crippen LogP contribution in [0, 0.1) is 5.92 Å². The van der Waals surface area contributed by atoms with E-state index in [1.807, 2.05) is 0 Å². The maximum Gasteiger partial charge on any atom is 0.252 e. The molecule has 1 aliphatic heterocycles. The highest BCUT2D eigenvalue weighted by atomic mass is 35.5. The zero-order valence-electron chi connectivity index (χ0n) is 11.8. The van der Waals surface area contributed by atoms with Gasteiger partial charge in [-0.05, 0) is 44.7 Å². The van der Waals surface area contributed by atoms with Crippen LogP contribution in [0.5, 0.6) is 0 Å². The van der Waals surface area contributed by atoms with Gasteiger partial charge in [-0.2, -0.15) is 0 Å². The molecule has 2 N–H and O–H groups in total. The minimum absolute atomic E-state index is 0. The van der Waals surface area contributed by atoms with Crippen LogP contribution < -0.4 is 10.6 Å².